The van der Waals surface area contributed by atoms with E-state index in [1.165, 1.54) is 36.0 Å². The van der Waals surface area contributed by atoms with E-state index in [0.29, 0.717) is 6.61 Å². The van der Waals surface area contributed by atoms with E-state index in [-0.39, 0.29) is 12.0 Å². The zero-order valence-corrected chi connectivity index (χ0v) is 17.2. The van der Waals surface area contributed by atoms with Gasteiger partial charge in [0.1, 0.15) is 6.61 Å². The molecule has 0 aliphatic heterocycles. The molecule has 0 atom stereocenters. The van der Waals surface area contributed by atoms with E-state index in [9.17, 15) is 4.79 Å². The molecule has 1 aliphatic carbocycles. The molecule has 0 heterocycles. The Labute approximate surface area is 159 Å². The van der Waals surface area contributed by atoms with Gasteiger partial charge >= 0.3 is 6.16 Å². The van der Waals surface area contributed by atoms with Crippen LogP contribution in [0.2, 0.25) is 0 Å². The van der Waals surface area contributed by atoms with Crippen molar-refractivity contribution in [3.05, 3.63) is 58.7 Å². The monoisotopic (exact) mass is 358 g/mol. The maximum Gasteiger partial charge on any atom is 0.508 e. The highest BCUT2D eigenvalue weighted by atomic mass is 16.7. The Kier molecular flexibility index (Phi) is 9.18. The summed E-state index contributed by atoms with van der Waals surface area (Å²) in [5.74, 6) is 0. The predicted octanol–water partition coefficient (Wildman–Crippen LogP) is 6.69. The Hall–Kier alpha value is -2.03. The lowest BCUT2D eigenvalue weighted by molar-refractivity contribution is 0.0672. The van der Waals surface area contributed by atoms with Crippen molar-refractivity contribution in [2.45, 2.75) is 60.8 Å². The molecule has 1 rings (SSSR count). The van der Waals surface area contributed by atoms with Crippen molar-refractivity contribution in [1.82, 2.24) is 0 Å². The summed E-state index contributed by atoms with van der Waals surface area (Å²) in [5, 5.41) is 0. The van der Waals surface area contributed by atoms with Gasteiger partial charge in [0.25, 0.3) is 0 Å². The standard InChI is InChI=1S/C23H34O3/c1-7-25-22(24)26-17-15-19(3)11-8-10-18(2)13-14-21-20(4)12-9-16-23(21,5)6/h8,10-11,13-15H,7,9,12,16-17H2,1-6H3/b11-8+,14-13+,18-10+,19-15+. The zero-order valence-electron chi connectivity index (χ0n) is 17.2. The van der Waals surface area contributed by atoms with Crippen molar-refractivity contribution in [3.8, 4) is 0 Å². The van der Waals surface area contributed by atoms with E-state index in [4.69, 9.17) is 9.47 Å². The van der Waals surface area contributed by atoms with Crippen LogP contribution in [0.15, 0.2) is 58.7 Å². The van der Waals surface area contributed by atoms with Gasteiger partial charge in [-0.3, -0.25) is 0 Å². The molecule has 0 spiro atoms. The molecule has 0 saturated heterocycles. The molecule has 1 aliphatic rings. The molecule has 0 aromatic carbocycles. The van der Waals surface area contributed by atoms with E-state index in [0.717, 1.165) is 5.57 Å². The Morgan fingerprint density at radius 3 is 2.54 bits per heavy atom. The number of carbonyl (C=O) groups excluding carboxylic acids is 1. The van der Waals surface area contributed by atoms with Crippen LogP contribution in [0.3, 0.4) is 0 Å². The second-order valence-electron chi connectivity index (χ2n) is 7.48. The van der Waals surface area contributed by atoms with E-state index in [2.05, 4.69) is 45.9 Å². The smallest absolute Gasteiger partial charge is 0.435 e. The van der Waals surface area contributed by atoms with Crippen LogP contribution >= 0.6 is 0 Å². The lowest BCUT2D eigenvalue weighted by Crippen LogP contribution is -2.19. The number of hydrogen-bond donors (Lipinski definition) is 0. The van der Waals surface area contributed by atoms with Gasteiger partial charge in [-0.05, 0) is 64.0 Å². The van der Waals surface area contributed by atoms with E-state index in [1.54, 1.807) is 6.92 Å². The van der Waals surface area contributed by atoms with Gasteiger partial charge in [-0.1, -0.05) is 60.9 Å². The highest BCUT2D eigenvalue weighted by Crippen LogP contribution is 2.40. The molecule has 0 amide bonds. The van der Waals surface area contributed by atoms with Crippen molar-refractivity contribution in [3.63, 3.8) is 0 Å². The van der Waals surface area contributed by atoms with Crippen LogP contribution in [0.25, 0.3) is 0 Å². The summed E-state index contributed by atoms with van der Waals surface area (Å²) in [4.78, 5) is 11.1. The molecule has 0 radical (unpaired) electrons. The summed E-state index contributed by atoms with van der Waals surface area (Å²) >= 11 is 0. The second kappa shape index (κ2) is 10.8. The van der Waals surface area contributed by atoms with Crippen LogP contribution in [0.5, 0.6) is 0 Å². The van der Waals surface area contributed by atoms with Gasteiger partial charge in [-0.25, -0.2) is 4.79 Å². The third-order valence-corrected chi connectivity index (χ3v) is 4.64. The molecule has 0 bridgehead atoms. The lowest BCUT2D eigenvalue weighted by Gasteiger charge is -2.32. The minimum atomic E-state index is -0.628. The van der Waals surface area contributed by atoms with Gasteiger partial charge in [-0.15, -0.1) is 0 Å². The lowest BCUT2D eigenvalue weighted by atomic mass is 9.72. The molecule has 144 valence electrons. The van der Waals surface area contributed by atoms with Crippen LogP contribution in [0, 0.1) is 5.41 Å². The largest absolute Gasteiger partial charge is 0.508 e. The maximum atomic E-state index is 11.1. The molecular formula is C23H34O3. The minimum Gasteiger partial charge on any atom is -0.435 e. The van der Waals surface area contributed by atoms with Crippen molar-refractivity contribution in [2.75, 3.05) is 13.2 Å². The first-order chi connectivity index (χ1) is 12.3. The van der Waals surface area contributed by atoms with Crippen LogP contribution in [-0.2, 0) is 9.47 Å². The molecule has 3 nitrogen and oxygen atoms in total. The molecule has 0 saturated carbocycles. The Bertz CT molecular complexity index is 628. The Morgan fingerprint density at radius 1 is 1.15 bits per heavy atom. The van der Waals surface area contributed by atoms with Gasteiger partial charge in [-0.2, -0.15) is 0 Å². The van der Waals surface area contributed by atoms with Crippen LogP contribution in [-0.4, -0.2) is 19.4 Å². The number of rotatable bonds is 7. The summed E-state index contributed by atoms with van der Waals surface area (Å²) < 4.78 is 9.62. The summed E-state index contributed by atoms with van der Waals surface area (Å²) in [6.07, 6.45) is 15.6. The summed E-state index contributed by atoms with van der Waals surface area (Å²) in [7, 11) is 0. The third-order valence-electron chi connectivity index (χ3n) is 4.64. The topological polar surface area (TPSA) is 35.5 Å². The fourth-order valence-corrected chi connectivity index (χ4v) is 3.10. The third kappa shape index (κ3) is 7.90. The van der Waals surface area contributed by atoms with Gasteiger partial charge in [0, 0.05) is 0 Å². The van der Waals surface area contributed by atoms with Crippen molar-refractivity contribution >= 4 is 6.16 Å². The average Bonchev–Trinajstić information content (AvgIpc) is 2.54. The summed E-state index contributed by atoms with van der Waals surface area (Å²) in [6.45, 7) is 13.3. The van der Waals surface area contributed by atoms with Crippen molar-refractivity contribution in [2.24, 2.45) is 5.41 Å². The predicted molar refractivity (Wildman–Crippen MR) is 109 cm³/mol. The zero-order chi connectivity index (χ0) is 19.6. The van der Waals surface area contributed by atoms with Gasteiger partial charge in [0.2, 0.25) is 0 Å². The normalized spacial score (nSPS) is 18.7. The van der Waals surface area contributed by atoms with Crippen LogP contribution in [0.4, 0.5) is 4.79 Å². The number of carbonyl (C=O) groups is 1. The van der Waals surface area contributed by atoms with Crippen LogP contribution < -0.4 is 0 Å². The first kappa shape index (κ1) is 22.0. The minimum absolute atomic E-state index is 0.222. The highest BCUT2D eigenvalue weighted by Gasteiger charge is 2.26. The number of hydrogen-bond acceptors (Lipinski definition) is 3. The fraction of sp³-hybridized carbons (Fsp3) is 0.522. The summed E-state index contributed by atoms with van der Waals surface area (Å²) in [6, 6.07) is 0. The number of ether oxygens (including phenoxy) is 2. The molecule has 0 aromatic heterocycles. The molecule has 0 N–H and O–H groups in total. The van der Waals surface area contributed by atoms with E-state index in [1.807, 2.05) is 25.2 Å². The molecule has 26 heavy (non-hydrogen) atoms. The van der Waals surface area contributed by atoms with E-state index < -0.39 is 6.16 Å². The molecular weight excluding hydrogens is 324 g/mol. The number of allylic oxidation sites excluding steroid dienone is 9. The molecule has 0 unspecified atom stereocenters. The van der Waals surface area contributed by atoms with Gasteiger partial charge in [0.15, 0.2) is 0 Å². The van der Waals surface area contributed by atoms with Gasteiger partial charge in [0.05, 0.1) is 6.61 Å². The van der Waals surface area contributed by atoms with Crippen molar-refractivity contribution < 1.29 is 14.3 Å². The Balaban J connectivity index is 2.59. The summed E-state index contributed by atoms with van der Waals surface area (Å²) in [5.41, 5.74) is 5.51. The average molecular weight is 359 g/mol. The fourth-order valence-electron chi connectivity index (χ4n) is 3.10. The van der Waals surface area contributed by atoms with Crippen molar-refractivity contribution in [1.29, 1.82) is 0 Å². The molecule has 0 aromatic rings. The quantitative estimate of drug-likeness (QED) is 0.375. The van der Waals surface area contributed by atoms with E-state index >= 15 is 0 Å². The second-order valence-corrected chi connectivity index (χ2v) is 7.48. The Morgan fingerprint density at radius 2 is 1.88 bits per heavy atom. The SMILES string of the molecule is CCOC(=O)OC/C=C(C)/C=C/C=C(C)/C=C/C1=C(C)CCCC1(C)C. The maximum absolute atomic E-state index is 11.1. The highest BCUT2D eigenvalue weighted by molar-refractivity contribution is 5.59. The first-order valence-corrected chi connectivity index (χ1v) is 9.46. The van der Waals surface area contributed by atoms with Crippen LogP contribution in [0.1, 0.15) is 60.8 Å². The molecule has 3 heteroatoms. The first-order valence-electron chi connectivity index (χ1n) is 9.46. The van der Waals surface area contributed by atoms with Gasteiger partial charge < -0.3 is 9.47 Å². The molecule has 0 fully saturated rings.